The summed E-state index contributed by atoms with van der Waals surface area (Å²) in [5.74, 6) is -0.466. The number of aliphatic hydroxyl groups excluding tert-OH is 1. The van der Waals surface area contributed by atoms with Crippen LogP contribution in [0.25, 0.3) is 6.08 Å². The van der Waals surface area contributed by atoms with Gasteiger partial charge in [-0.2, -0.15) is 0 Å². The molecule has 0 radical (unpaired) electrons. The van der Waals surface area contributed by atoms with Crippen LogP contribution in [0.4, 0.5) is 5.69 Å². The number of hydrogen-bond donors (Lipinski definition) is 2. The number of methoxy groups -OCH3 is 1. The van der Waals surface area contributed by atoms with E-state index in [0.717, 1.165) is 11.1 Å². The minimum Gasteiger partial charge on any atom is -0.509 e. The van der Waals surface area contributed by atoms with Crippen molar-refractivity contribution in [2.75, 3.05) is 12.4 Å². The third kappa shape index (κ3) is 2.38. The summed E-state index contributed by atoms with van der Waals surface area (Å²) in [5, 5.41) is 13.2. The molecule has 1 atom stereocenters. The SMILES string of the molecule is COC1(C(=O)Nc2ccccc2)Cc2ccccc2C=C1O. The molecule has 0 fully saturated rings. The molecule has 0 aliphatic heterocycles. The molecule has 2 aromatic rings. The van der Waals surface area contributed by atoms with Crippen molar-refractivity contribution in [1.29, 1.82) is 0 Å². The lowest BCUT2D eigenvalue weighted by atomic mass is 9.83. The lowest BCUT2D eigenvalue weighted by Crippen LogP contribution is -2.49. The number of nitrogens with one attached hydrogen (secondary N) is 1. The Bertz CT molecular complexity index is 724. The van der Waals surface area contributed by atoms with Gasteiger partial charge in [-0.1, -0.05) is 42.5 Å². The molecule has 1 unspecified atom stereocenters. The largest absolute Gasteiger partial charge is 0.509 e. The molecule has 0 bridgehead atoms. The molecule has 1 aliphatic carbocycles. The van der Waals surface area contributed by atoms with E-state index in [1.54, 1.807) is 18.2 Å². The van der Waals surface area contributed by atoms with E-state index in [1.807, 2.05) is 42.5 Å². The number of hydrogen-bond acceptors (Lipinski definition) is 3. The smallest absolute Gasteiger partial charge is 0.264 e. The zero-order valence-corrected chi connectivity index (χ0v) is 12.2. The highest BCUT2D eigenvalue weighted by atomic mass is 16.5. The van der Waals surface area contributed by atoms with Gasteiger partial charge in [-0.25, -0.2) is 0 Å². The van der Waals surface area contributed by atoms with Crippen LogP contribution in [0.2, 0.25) is 0 Å². The number of benzene rings is 2. The van der Waals surface area contributed by atoms with Crippen LogP contribution in [-0.2, 0) is 16.0 Å². The lowest BCUT2D eigenvalue weighted by molar-refractivity contribution is -0.136. The van der Waals surface area contributed by atoms with Crippen LogP contribution in [0, 0.1) is 0 Å². The van der Waals surface area contributed by atoms with E-state index in [1.165, 1.54) is 7.11 Å². The van der Waals surface area contributed by atoms with E-state index >= 15 is 0 Å². The third-order valence-corrected chi connectivity index (χ3v) is 3.95. The van der Waals surface area contributed by atoms with Crippen LogP contribution in [0.3, 0.4) is 0 Å². The number of para-hydroxylation sites is 1. The van der Waals surface area contributed by atoms with Gasteiger partial charge in [0, 0.05) is 19.2 Å². The Labute approximate surface area is 129 Å². The molecule has 0 aromatic heterocycles. The monoisotopic (exact) mass is 295 g/mol. The first-order valence-electron chi connectivity index (χ1n) is 7.06. The number of amides is 1. The number of ether oxygens (including phenoxy) is 1. The summed E-state index contributed by atoms with van der Waals surface area (Å²) in [6.45, 7) is 0. The van der Waals surface area contributed by atoms with Crippen molar-refractivity contribution >= 4 is 17.7 Å². The summed E-state index contributed by atoms with van der Waals surface area (Å²) in [4.78, 5) is 12.7. The summed E-state index contributed by atoms with van der Waals surface area (Å²) in [7, 11) is 1.43. The molecule has 22 heavy (non-hydrogen) atoms. The fraction of sp³-hybridized carbons (Fsp3) is 0.167. The summed E-state index contributed by atoms with van der Waals surface area (Å²) < 4.78 is 5.45. The van der Waals surface area contributed by atoms with Gasteiger partial charge in [0.25, 0.3) is 5.91 Å². The van der Waals surface area contributed by atoms with Crippen molar-refractivity contribution in [2.24, 2.45) is 0 Å². The van der Waals surface area contributed by atoms with Crippen molar-refractivity contribution in [1.82, 2.24) is 0 Å². The van der Waals surface area contributed by atoms with E-state index < -0.39 is 5.60 Å². The predicted molar refractivity (Wildman–Crippen MR) is 85.6 cm³/mol. The van der Waals surface area contributed by atoms with Gasteiger partial charge in [0.05, 0.1) is 0 Å². The standard InChI is InChI=1S/C18H17NO3/c1-22-18(17(21)19-15-9-3-2-4-10-15)12-14-8-6-5-7-13(14)11-16(18)20/h2-11,20H,12H2,1H3,(H,19,21). The number of anilines is 1. The third-order valence-electron chi connectivity index (χ3n) is 3.95. The minimum atomic E-state index is -1.40. The molecule has 4 nitrogen and oxygen atoms in total. The molecule has 1 amide bonds. The summed E-state index contributed by atoms with van der Waals surface area (Å²) in [6.07, 6.45) is 1.88. The van der Waals surface area contributed by atoms with Gasteiger partial charge in [-0.05, 0) is 29.3 Å². The van der Waals surface area contributed by atoms with Crippen LogP contribution < -0.4 is 5.32 Å². The Morgan fingerprint density at radius 1 is 1.14 bits per heavy atom. The van der Waals surface area contributed by atoms with Gasteiger partial charge in [-0.15, -0.1) is 0 Å². The molecule has 3 rings (SSSR count). The Balaban J connectivity index is 1.94. The molecule has 0 heterocycles. The first-order valence-corrected chi connectivity index (χ1v) is 7.06. The molecule has 2 N–H and O–H groups in total. The second-order valence-electron chi connectivity index (χ2n) is 5.26. The fourth-order valence-electron chi connectivity index (χ4n) is 2.68. The van der Waals surface area contributed by atoms with Gasteiger partial charge < -0.3 is 15.2 Å². The minimum absolute atomic E-state index is 0.0814. The highest BCUT2D eigenvalue weighted by Crippen LogP contribution is 2.34. The molecule has 0 saturated carbocycles. The normalized spacial score (nSPS) is 20.0. The molecule has 2 aromatic carbocycles. The zero-order valence-electron chi connectivity index (χ0n) is 12.2. The van der Waals surface area contributed by atoms with Crippen LogP contribution >= 0.6 is 0 Å². The predicted octanol–water partition coefficient (Wildman–Crippen LogP) is 3.17. The first-order chi connectivity index (χ1) is 10.7. The van der Waals surface area contributed by atoms with Gasteiger partial charge >= 0.3 is 0 Å². The average molecular weight is 295 g/mol. The Morgan fingerprint density at radius 3 is 2.55 bits per heavy atom. The second kappa shape index (κ2) is 5.66. The van der Waals surface area contributed by atoms with Crippen molar-refractivity contribution in [3.63, 3.8) is 0 Å². The van der Waals surface area contributed by atoms with E-state index in [-0.39, 0.29) is 11.7 Å². The van der Waals surface area contributed by atoms with Gasteiger partial charge in [0.15, 0.2) is 0 Å². The average Bonchev–Trinajstić information content (AvgIpc) is 2.55. The maximum atomic E-state index is 12.7. The van der Waals surface area contributed by atoms with Crippen LogP contribution in [-0.4, -0.2) is 23.7 Å². The van der Waals surface area contributed by atoms with Crippen LogP contribution in [0.1, 0.15) is 11.1 Å². The summed E-state index contributed by atoms with van der Waals surface area (Å²) >= 11 is 0. The van der Waals surface area contributed by atoms with Crippen molar-refractivity contribution in [3.8, 4) is 0 Å². The lowest BCUT2D eigenvalue weighted by Gasteiger charge is -2.33. The van der Waals surface area contributed by atoms with E-state index in [0.29, 0.717) is 12.1 Å². The summed E-state index contributed by atoms with van der Waals surface area (Å²) in [6, 6.07) is 16.8. The Kier molecular flexibility index (Phi) is 3.69. The van der Waals surface area contributed by atoms with Crippen LogP contribution in [0.15, 0.2) is 60.4 Å². The fourth-order valence-corrected chi connectivity index (χ4v) is 2.68. The number of rotatable bonds is 3. The highest BCUT2D eigenvalue weighted by Gasteiger charge is 2.45. The maximum Gasteiger partial charge on any atom is 0.264 e. The molecule has 4 heteroatoms. The Hall–Kier alpha value is -2.59. The van der Waals surface area contributed by atoms with Crippen LogP contribution in [0.5, 0.6) is 0 Å². The number of aliphatic hydroxyl groups is 1. The Morgan fingerprint density at radius 2 is 1.82 bits per heavy atom. The maximum absolute atomic E-state index is 12.7. The van der Waals surface area contributed by atoms with E-state index in [9.17, 15) is 9.90 Å². The zero-order chi connectivity index (χ0) is 15.6. The number of fused-ring (bicyclic) bond motifs is 1. The second-order valence-corrected chi connectivity index (χ2v) is 5.26. The molecular formula is C18H17NO3. The molecule has 1 aliphatic rings. The molecule has 112 valence electrons. The molecule has 0 saturated heterocycles. The van der Waals surface area contributed by atoms with Gasteiger partial charge in [-0.3, -0.25) is 4.79 Å². The van der Waals surface area contributed by atoms with Crippen molar-refractivity contribution in [3.05, 3.63) is 71.5 Å². The van der Waals surface area contributed by atoms with Crippen molar-refractivity contribution in [2.45, 2.75) is 12.0 Å². The number of carbonyl (C=O) groups excluding carboxylic acids is 1. The van der Waals surface area contributed by atoms with Crippen molar-refractivity contribution < 1.29 is 14.6 Å². The highest BCUT2D eigenvalue weighted by molar-refractivity contribution is 6.01. The van der Waals surface area contributed by atoms with E-state index in [4.69, 9.17) is 4.74 Å². The topological polar surface area (TPSA) is 58.6 Å². The van der Waals surface area contributed by atoms with E-state index in [2.05, 4.69) is 5.32 Å². The quantitative estimate of drug-likeness (QED) is 0.914. The first kappa shape index (κ1) is 14.4. The summed E-state index contributed by atoms with van der Waals surface area (Å²) in [5.41, 5.74) is 1.13. The molecular weight excluding hydrogens is 278 g/mol. The van der Waals surface area contributed by atoms with Gasteiger partial charge in [0.1, 0.15) is 5.76 Å². The molecule has 0 spiro atoms. The number of carbonyl (C=O) groups is 1. The van der Waals surface area contributed by atoms with Gasteiger partial charge in [0.2, 0.25) is 5.60 Å².